The van der Waals surface area contributed by atoms with E-state index >= 15 is 0 Å². The van der Waals surface area contributed by atoms with Crippen LogP contribution in [0.2, 0.25) is 0 Å². The van der Waals surface area contributed by atoms with Crippen LogP contribution in [0.4, 0.5) is 22.2 Å². The first kappa shape index (κ1) is 26.7. The molecule has 0 bridgehead atoms. The molecule has 1 unspecified atom stereocenters. The lowest BCUT2D eigenvalue weighted by Crippen LogP contribution is -2.53. The summed E-state index contributed by atoms with van der Waals surface area (Å²) in [6, 6.07) is 8.36. The van der Waals surface area contributed by atoms with Gasteiger partial charge < -0.3 is 14.8 Å². The van der Waals surface area contributed by atoms with Gasteiger partial charge in [-0.15, -0.1) is 0 Å². The number of carbonyl (C=O) groups excluding carboxylic acids is 3. The number of hydrogen-bond acceptors (Lipinski definition) is 8. The van der Waals surface area contributed by atoms with Crippen molar-refractivity contribution in [2.75, 3.05) is 28.7 Å². The molecule has 11 nitrogen and oxygen atoms in total. The first-order chi connectivity index (χ1) is 16.8. The van der Waals surface area contributed by atoms with Crippen molar-refractivity contribution >= 4 is 35.4 Å². The van der Waals surface area contributed by atoms with Gasteiger partial charge in [0.15, 0.2) is 11.5 Å². The van der Waals surface area contributed by atoms with Gasteiger partial charge in [0.1, 0.15) is 13.2 Å². The average molecular weight is 500 g/mol. The van der Waals surface area contributed by atoms with Crippen molar-refractivity contribution < 1.29 is 23.9 Å². The summed E-state index contributed by atoms with van der Waals surface area (Å²) in [6.45, 7) is 10.3. The SMILES string of the molecule is CC(C)(C)C(=O)Nc1nc2c(c(=O)[nH]1)N(C(=O)OCc1ccccc1)C(COC(=O)C(C)(C)C)CN2. The van der Waals surface area contributed by atoms with Crippen molar-refractivity contribution in [2.24, 2.45) is 10.8 Å². The Morgan fingerprint density at radius 3 is 2.33 bits per heavy atom. The normalized spacial score (nSPS) is 15.4. The highest BCUT2D eigenvalue weighted by molar-refractivity contribution is 5.95. The van der Waals surface area contributed by atoms with Gasteiger partial charge in [0.25, 0.3) is 5.56 Å². The Morgan fingerprint density at radius 2 is 1.72 bits per heavy atom. The van der Waals surface area contributed by atoms with Gasteiger partial charge in [0.05, 0.1) is 11.5 Å². The summed E-state index contributed by atoms with van der Waals surface area (Å²) in [5, 5.41) is 5.59. The minimum atomic E-state index is -0.794. The van der Waals surface area contributed by atoms with Gasteiger partial charge in [0.2, 0.25) is 11.9 Å². The molecule has 0 spiro atoms. The van der Waals surface area contributed by atoms with Crippen molar-refractivity contribution in [1.29, 1.82) is 0 Å². The smallest absolute Gasteiger partial charge is 0.415 e. The molecule has 36 heavy (non-hydrogen) atoms. The molecule has 1 atom stereocenters. The van der Waals surface area contributed by atoms with Crippen LogP contribution >= 0.6 is 0 Å². The first-order valence-corrected chi connectivity index (χ1v) is 11.6. The van der Waals surface area contributed by atoms with E-state index in [2.05, 4.69) is 20.6 Å². The molecule has 0 radical (unpaired) electrons. The number of aromatic amines is 1. The van der Waals surface area contributed by atoms with Gasteiger partial charge in [-0.05, 0) is 26.3 Å². The van der Waals surface area contributed by atoms with Crippen LogP contribution in [-0.4, -0.2) is 47.1 Å². The molecule has 2 amide bonds. The predicted octanol–water partition coefficient (Wildman–Crippen LogP) is 3.28. The molecule has 0 fully saturated rings. The maximum atomic E-state index is 13.2. The number of fused-ring (bicyclic) bond motifs is 1. The third-order valence-electron chi connectivity index (χ3n) is 5.34. The van der Waals surface area contributed by atoms with Crippen LogP contribution in [-0.2, 0) is 25.7 Å². The molecular formula is C25H33N5O6. The lowest BCUT2D eigenvalue weighted by Gasteiger charge is -2.35. The molecule has 1 aromatic heterocycles. The third kappa shape index (κ3) is 6.41. The van der Waals surface area contributed by atoms with E-state index in [1.807, 2.05) is 18.2 Å². The minimum absolute atomic E-state index is 0.0154. The maximum absolute atomic E-state index is 13.2. The quantitative estimate of drug-likeness (QED) is 0.532. The molecule has 0 aliphatic carbocycles. The molecule has 0 saturated heterocycles. The van der Waals surface area contributed by atoms with Gasteiger partial charge in [-0.2, -0.15) is 4.98 Å². The second-order valence-corrected chi connectivity index (χ2v) is 10.6. The lowest BCUT2D eigenvalue weighted by atomic mass is 9.96. The minimum Gasteiger partial charge on any atom is -0.463 e. The van der Waals surface area contributed by atoms with Crippen molar-refractivity contribution in [1.82, 2.24) is 9.97 Å². The fourth-order valence-electron chi connectivity index (χ4n) is 3.21. The summed E-state index contributed by atoms with van der Waals surface area (Å²) in [5.74, 6) is -0.745. The van der Waals surface area contributed by atoms with Gasteiger partial charge in [-0.3, -0.25) is 29.6 Å². The first-order valence-electron chi connectivity index (χ1n) is 11.6. The molecule has 194 valence electrons. The Morgan fingerprint density at radius 1 is 1.06 bits per heavy atom. The summed E-state index contributed by atoms with van der Waals surface area (Å²) in [4.78, 5) is 59.0. The molecule has 1 aliphatic rings. The standard InChI is InChI=1S/C25H33N5O6/c1-24(2,3)20(32)29-22-27-18-17(19(31)28-22)30(23(34)36-13-15-10-8-7-9-11-15)16(12-26-18)14-35-21(33)25(4,5)6/h7-11,16H,12-14H2,1-6H3,(H3,26,27,28,29,31,32). The second-order valence-electron chi connectivity index (χ2n) is 10.6. The summed E-state index contributed by atoms with van der Waals surface area (Å²) in [5.41, 5.74) is -1.44. The zero-order valence-corrected chi connectivity index (χ0v) is 21.4. The van der Waals surface area contributed by atoms with E-state index in [0.29, 0.717) is 0 Å². The summed E-state index contributed by atoms with van der Waals surface area (Å²) in [7, 11) is 0. The monoisotopic (exact) mass is 499 g/mol. The number of H-pyrrole nitrogens is 1. The summed E-state index contributed by atoms with van der Waals surface area (Å²) in [6.07, 6.45) is -0.794. The fraction of sp³-hybridized carbons (Fsp3) is 0.480. The van der Waals surface area contributed by atoms with Crippen molar-refractivity contribution in [3.63, 3.8) is 0 Å². The van der Waals surface area contributed by atoms with Crippen LogP contribution in [0, 0.1) is 10.8 Å². The van der Waals surface area contributed by atoms with Crippen LogP contribution < -0.4 is 21.1 Å². The zero-order chi connectivity index (χ0) is 26.7. The Labute approximate surface area is 209 Å². The van der Waals surface area contributed by atoms with E-state index in [0.717, 1.165) is 10.5 Å². The Kier molecular flexibility index (Phi) is 7.71. The number of carbonyl (C=O) groups is 3. The third-order valence-corrected chi connectivity index (χ3v) is 5.34. The Balaban J connectivity index is 1.90. The molecule has 1 aromatic carbocycles. The second kappa shape index (κ2) is 10.4. The lowest BCUT2D eigenvalue weighted by molar-refractivity contribution is -0.153. The van der Waals surface area contributed by atoms with Gasteiger partial charge in [-0.25, -0.2) is 4.79 Å². The topological polar surface area (TPSA) is 143 Å². The van der Waals surface area contributed by atoms with Crippen LogP contribution in [0.1, 0.15) is 47.1 Å². The van der Waals surface area contributed by atoms with Crippen molar-refractivity contribution in [2.45, 2.75) is 54.2 Å². The number of benzene rings is 1. The number of anilines is 3. The zero-order valence-electron chi connectivity index (χ0n) is 21.4. The average Bonchev–Trinajstić information content (AvgIpc) is 2.80. The summed E-state index contributed by atoms with van der Waals surface area (Å²) < 4.78 is 10.9. The fourth-order valence-corrected chi connectivity index (χ4v) is 3.21. The molecule has 3 rings (SSSR count). The highest BCUT2D eigenvalue weighted by atomic mass is 16.6. The predicted molar refractivity (Wildman–Crippen MR) is 135 cm³/mol. The maximum Gasteiger partial charge on any atom is 0.415 e. The molecule has 1 aliphatic heterocycles. The number of nitrogens with zero attached hydrogens (tertiary/aromatic N) is 2. The number of rotatable bonds is 5. The van der Waals surface area contributed by atoms with Crippen molar-refractivity contribution in [3.05, 3.63) is 46.2 Å². The number of nitrogens with one attached hydrogen (secondary N) is 3. The van der Waals surface area contributed by atoms with Crippen LogP contribution in [0.3, 0.4) is 0 Å². The molecule has 0 saturated carbocycles. The Hall–Kier alpha value is -3.89. The van der Waals surface area contributed by atoms with Crippen LogP contribution in [0.25, 0.3) is 0 Å². The highest BCUT2D eigenvalue weighted by Gasteiger charge is 2.37. The van der Waals surface area contributed by atoms with E-state index in [9.17, 15) is 19.2 Å². The van der Waals surface area contributed by atoms with Gasteiger partial charge in [-0.1, -0.05) is 51.1 Å². The molecule has 11 heteroatoms. The number of amides is 2. The number of ether oxygens (including phenoxy) is 2. The molecule has 2 aromatic rings. The molecule has 2 heterocycles. The van der Waals surface area contributed by atoms with E-state index < -0.39 is 34.5 Å². The number of aromatic nitrogens is 2. The van der Waals surface area contributed by atoms with Crippen molar-refractivity contribution in [3.8, 4) is 0 Å². The number of esters is 1. The number of hydrogen-bond donors (Lipinski definition) is 3. The molecular weight excluding hydrogens is 466 g/mol. The van der Waals surface area contributed by atoms with E-state index in [4.69, 9.17) is 9.47 Å². The van der Waals surface area contributed by atoms with Crippen LogP contribution in [0.5, 0.6) is 0 Å². The van der Waals surface area contributed by atoms with Gasteiger partial charge >= 0.3 is 12.1 Å². The summed E-state index contributed by atoms with van der Waals surface area (Å²) >= 11 is 0. The highest BCUT2D eigenvalue weighted by Crippen LogP contribution is 2.29. The van der Waals surface area contributed by atoms with E-state index in [-0.39, 0.29) is 43.1 Å². The Bertz CT molecular complexity index is 1180. The van der Waals surface area contributed by atoms with E-state index in [1.54, 1.807) is 53.7 Å². The largest absolute Gasteiger partial charge is 0.463 e. The van der Waals surface area contributed by atoms with Gasteiger partial charge in [0, 0.05) is 12.0 Å². The van der Waals surface area contributed by atoms with E-state index in [1.165, 1.54) is 0 Å². The van der Waals surface area contributed by atoms with Crippen LogP contribution in [0.15, 0.2) is 35.1 Å². The molecule has 3 N–H and O–H groups in total.